The molecule has 1 atom stereocenters. The quantitative estimate of drug-likeness (QED) is 0.905. The Hall–Kier alpha value is -0.870. The second-order valence-electron chi connectivity index (χ2n) is 6.15. The third kappa shape index (κ3) is 3.80. The molecule has 1 aromatic rings. The van der Waals surface area contributed by atoms with Crippen LogP contribution in [0.25, 0.3) is 0 Å². The number of hydrogen-bond donors (Lipinski definition) is 1. The van der Waals surface area contributed by atoms with Gasteiger partial charge < -0.3 is 10.0 Å². The Kier molecular flexibility index (Phi) is 4.63. The molecule has 2 heterocycles. The molecule has 1 unspecified atom stereocenters. The summed E-state index contributed by atoms with van der Waals surface area (Å²) < 4.78 is 1.90. The van der Waals surface area contributed by atoms with E-state index in [0.29, 0.717) is 6.04 Å². The van der Waals surface area contributed by atoms with Gasteiger partial charge in [0.15, 0.2) is 0 Å². The zero-order valence-corrected chi connectivity index (χ0v) is 12.5. The third-order valence-corrected chi connectivity index (χ3v) is 4.45. The lowest BCUT2D eigenvalue weighted by atomic mass is 9.89. The second kappa shape index (κ2) is 6.06. The third-order valence-electron chi connectivity index (χ3n) is 4.45. The zero-order valence-electron chi connectivity index (χ0n) is 12.5. The molecule has 1 aliphatic heterocycles. The average molecular weight is 265 g/mol. The Morgan fingerprint density at radius 1 is 1.37 bits per heavy atom. The van der Waals surface area contributed by atoms with E-state index in [0.717, 1.165) is 45.2 Å². The van der Waals surface area contributed by atoms with Crippen molar-refractivity contribution < 1.29 is 5.11 Å². The molecule has 1 saturated heterocycles. The smallest absolute Gasteiger partial charge is 0.0664 e. The lowest BCUT2D eigenvalue weighted by Gasteiger charge is -2.28. The topological polar surface area (TPSA) is 41.3 Å². The summed E-state index contributed by atoms with van der Waals surface area (Å²) in [6.07, 6.45) is 6.50. The lowest BCUT2D eigenvalue weighted by Crippen LogP contribution is -2.34. The fourth-order valence-corrected chi connectivity index (χ4v) is 2.97. The summed E-state index contributed by atoms with van der Waals surface area (Å²) in [5, 5.41) is 15.0. The normalized spacial score (nSPS) is 25.7. The van der Waals surface area contributed by atoms with Crippen LogP contribution in [0.15, 0.2) is 12.3 Å². The van der Waals surface area contributed by atoms with Crippen molar-refractivity contribution in [3.63, 3.8) is 0 Å². The molecule has 0 radical (unpaired) electrons. The van der Waals surface area contributed by atoms with Gasteiger partial charge >= 0.3 is 0 Å². The number of hydrogen-bond acceptors (Lipinski definition) is 3. The highest BCUT2D eigenvalue weighted by molar-refractivity contribution is 5.01. The van der Waals surface area contributed by atoms with Gasteiger partial charge in [0.1, 0.15) is 0 Å². The van der Waals surface area contributed by atoms with Crippen LogP contribution < -0.4 is 0 Å². The van der Waals surface area contributed by atoms with Gasteiger partial charge in [-0.2, -0.15) is 5.10 Å². The number of likely N-dealkylation sites (tertiary alicyclic amines) is 1. The van der Waals surface area contributed by atoms with Gasteiger partial charge in [0.2, 0.25) is 0 Å². The molecule has 1 N–H and O–H groups in total. The van der Waals surface area contributed by atoms with Crippen molar-refractivity contribution in [1.82, 2.24) is 14.7 Å². The Labute approximate surface area is 116 Å². The largest absolute Gasteiger partial charge is 0.390 e. The van der Waals surface area contributed by atoms with E-state index in [1.165, 1.54) is 5.69 Å². The zero-order chi connectivity index (χ0) is 13.9. The fraction of sp³-hybridized carbons (Fsp3) is 0.800. The molecule has 19 heavy (non-hydrogen) atoms. The van der Waals surface area contributed by atoms with Gasteiger partial charge in [-0.3, -0.25) is 4.68 Å². The van der Waals surface area contributed by atoms with Crippen molar-refractivity contribution in [2.75, 3.05) is 13.1 Å². The highest BCUT2D eigenvalue weighted by atomic mass is 16.3. The standard InChI is InChI=1S/C15H27N3O/c1-13(2)18-11-4-7-15(19,9-12-18)8-5-14-6-10-16-17(14)3/h6,10,13,19H,4-5,7-9,11-12H2,1-3H3. The van der Waals surface area contributed by atoms with Crippen LogP contribution in [0.5, 0.6) is 0 Å². The Morgan fingerprint density at radius 2 is 2.16 bits per heavy atom. The van der Waals surface area contributed by atoms with Gasteiger partial charge in [-0.15, -0.1) is 0 Å². The maximum atomic E-state index is 10.8. The maximum absolute atomic E-state index is 10.8. The minimum atomic E-state index is -0.492. The van der Waals surface area contributed by atoms with Crippen molar-refractivity contribution in [2.24, 2.45) is 7.05 Å². The number of rotatable bonds is 4. The van der Waals surface area contributed by atoms with Crippen LogP contribution in [0.1, 0.15) is 45.2 Å². The van der Waals surface area contributed by atoms with E-state index < -0.39 is 5.60 Å². The molecule has 0 aromatic carbocycles. The highest BCUT2D eigenvalue weighted by Crippen LogP contribution is 2.27. The molecule has 4 nitrogen and oxygen atoms in total. The van der Waals surface area contributed by atoms with Crippen LogP contribution in [0, 0.1) is 0 Å². The Morgan fingerprint density at radius 3 is 2.79 bits per heavy atom. The second-order valence-corrected chi connectivity index (χ2v) is 6.15. The first-order valence-electron chi connectivity index (χ1n) is 7.43. The van der Waals surface area contributed by atoms with Crippen molar-refractivity contribution >= 4 is 0 Å². The van der Waals surface area contributed by atoms with E-state index in [4.69, 9.17) is 0 Å². The lowest BCUT2D eigenvalue weighted by molar-refractivity contribution is 0.0161. The van der Waals surface area contributed by atoms with Crippen LogP contribution in [0.2, 0.25) is 0 Å². The van der Waals surface area contributed by atoms with Crippen LogP contribution in [0.3, 0.4) is 0 Å². The molecular weight excluding hydrogens is 238 g/mol. The van der Waals surface area contributed by atoms with Crippen LogP contribution >= 0.6 is 0 Å². The molecule has 1 aromatic heterocycles. The van der Waals surface area contributed by atoms with E-state index in [2.05, 4.69) is 23.8 Å². The SMILES string of the molecule is CC(C)N1CCCC(O)(CCc2ccnn2C)CC1. The van der Waals surface area contributed by atoms with E-state index >= 15 is 0 Å². The Balaban J connectivity index is 1.90. The van der Waals surface area contributed by atoms with Gasteiger partial charge in [-0.25, -0.2) is 0 Å². The monoisotopic (exact) mass is 265 g/mol. The van der Waals surface area contributed by atoms with Crippen LogP contribution in [-0.2, 0) is 13.5 Å². The predicted octanol–water partition coefficient (Wildman–Crippen LogP) is 1.98. The minimum Gasteiger partial charge on any atom is -0.390 e. The molecular formula is C15H27N3O. The number of nitrogens with zero attached hydrogens (tertiary/aromatic N) is 3. The molecule has 0 bridgehead atoms. The summed E-state index contributed by atoms with van der Waals surface area (Å²) in [6, 6.07) is 2.62. The molecule has 2 rings (SSSR count). The first-order chi connectivity index (χ1) is 9.00. The summed E-state index contributed by atoms with van der Waals surface area (Å²) in [7, 11) is 1.97. The van der Waals surface area contributed by atoms with E-state index in [1.54, 1.807) is 0 Å². The van der Waals surface area contributed by atoms with E-state index in [1.807, 2.05) is 24.0 Å². The van der Waals surface area contributed by atoms with Gasteiger partial charge in [0, 0.05) is 31.5 Å². The van der Waals surface area contributed by atoms with Crippen molar-refractivity contribution in [2.45, 2.75) is 57.6 Å². The summed E-state index contributed by atoms with van der Waals surface area (Å²) in [6.45, 7) is 6.60. The molecule has 0 aliphatic carbocycles. The summed E-state index contributed by atoms with van der Waals surface area (Å²) in [5.41, 5.74) is 0.715. The van der Waals surface area contributed by atoms with Crippen LogP contribution in [0.4, 0.5) is 0 Å². The van der Waals surface area contributed by atoms with Gasteiger partial charge in [0.05, 0.1) is 5.60 Å². The van der Waals surface area contributed by atoms with Crippen LogP contribution in [-0.4, -0.2) is 44.5 Å². The predicted molar refractivity (Wildman–Crippen MR) is 77.0 cm³/mol. The van der Waals surface area contributed by atoms with E-state index in [9.17, 15) is 5.11 Å². The average Bonchev–Trinajstić information content (AvgIpc) is 2.65. The fourth-order valence-electron chi connectivity index (χ4n) is 2.97. The molecule has 0 amide bonds. The Bertz CT molecular complexity index is 402. The van der Waals surface area contributed by atoms with Gasteiger partial charge in [0.25, 0.3) is 0 Å². The van der Waals surface area contributed by atoms with E-state index in [-0.39, 0.29) is 0 Å². The molecule has 4 heteroatoms. The van der Waals surface area contributed by atoms with Crippen molar-refractivity contribution in [3.8, 4) is 0 Å². The first-order valence-corrected chi connectivity index (χ1v) is 7.43. The van der Waals surface area contributed by atoms with Gasteiger partial charge in [-0.05, 0) is 58.6 Å². The van der Waals surface area contributed by atoms with Crippen molar-refractivity contribution in [1.29, 1.82) is 0 Å². The molecule has 1 fully saturated rings. The number of aryl methyl sites for hydroxylation is 2. The number of aromatic nitrogens is 2. The van der Waals surface area contributed by atoms with Gasteiger partial charge in [-0.1, -0.05) is 0 Å². The van der Waals surface area contributed by atoms with Crippen molar-refractivity contribution in [3.05, 3.63) is 18.0 Å². The highest BCUT2D eigenvalue weighted by Gasteiger charge is 2.30. The molecule has 0 saturated carbocycles. The molecule has 0 spiro atoms. The molecule has 108 valence electrons. The summed E-state index contributed by atoms with van der Waals surface area (Å²) in [4.78, 5) is 2.47. The first kappa shape index (κ1) is 14.5. The summed E-state index contributed by atoms with van der Waals surface area (Å²) >= 11 is 0. The maximum Gasteiger partial charge on any atom is 0.0664 e. The molecule has 1 aliphatic rings. The number of aliphatic hydroxyl groups is 1. The summed E-state index contributed by atoms with van der Waals surface area (Å²) in [5.74, 6) is 0. The minimum absolute atomic E-state index is 0.492.